The van der Waals surface area contributed by atoms with E-state index in [2.05, 4.69) is 0 Å². The number of rotatable bonds is 9. The molecule has 1 heterocycles. The lowest BCUT2D eigenvalue weighted by Gasteiger charge is -2.24. The van der Waals surface area contributed by atoms with Crippen LogP contribution in [0.1, 0.15) is 23.2 Å². The Labute approximate surface area is 147 Å². The number of carbonyl (C=O) groups is 2. The van der Waals surface area contributed by atoms with Crippen molar-refractivity contribution >= 4 is 11.9 Å². The van der Waals surface area contributed by atoms with Gasteiger partial charge in [0.25, 0.3) is 5.91 Å². The van der Waals surface area contributed by atoms with Gasteiger partial charge in [0.15, 0.2) is 0 Å². The summed E-state index contributed by atoms with van der Waals surface area (Å²) in [5.74, 6) is -0.510. The summed E-state index contributed by atoms with van der Waals surface area (Å²) >= 11 is 0. The minimum atomic E-state index is -1.03. The molecular weight excluding hydrogens is 326 g/mol. The molecule has 1 amide bonds. The Morgan fingerprint density at radius 3 is 2.72 bits per heavy atom. The Morgan fingerprint density at radius 2 is 2.04 bits per heavy atom. The molecule has 1 aliphatic rings. The molecule has 1 aromatic rings. The predicted octanol–water partition coefficient (Wildman–Crippen LogP) is 1.67. The van der Waals surface area contributed by atoms with E-state index in [1.165, 1.54) is 7.11 Å². The van der Waals surface area contributed by atoms with Crippen molar-refractivity contribution in [1.29, 1.82) is 0 Å². The number of amides is 1. The van der Waals surface area contributed by atoms with Crippen LogP contribution in [0.2, 0.25) is 0 Å². The fourth-order valence-electron chi connectivity index (χ4n) is 2.97. The maximum Gasteiger partial charge on any atom is 0.313 e. The zero-order valence-corrected chi connectivity index (χ0v) is 14.7. The molecule has 2 rings (SSSR count). The molecule has 1 saturated heterocycles. The van der Waals surface area contributed by atoms with E-state index in [4.69, 9.17) is 14.2 Å². The maximum absolute atomic E-state index is 12.7. The number of hydrogen-bond acceptors (Lipinski definition) is 5. The largest absolute Gasteiger partial charge is 0.493 e. The number of hydrogen-bond donors (Lipinski definition) is 1. The monoisotopic (exact) mass is 351 g/mol. The topological polar surface area (TPSA) is 85.3 Å². The molecule has 7 heteroatoms. The Balaban J connectivity index is 2.02. The minimum Gasteiger partial charge on any atom is -0.493 e. The lowest BCUT2D eigenvalue weighted by Crippen LogP contribution is -2.40. The van der Waals surface area contributed by atoms with E-state index >= 15 is 0 Å². The second kappa shape index (κ2) is 8.82. The van der Waals surface area contributed by atoms with Crippen molar-refractivity contribution in [2.24, 2.45) is 5.41 Å². The predicted molar refractivity (Wildman–Crippen MR) is 90.9 cm³/mol. The summed E-state index contributed by atoms with van der Waals surface area (Å²) in [6.07, 6.45) is 1.15. The van der Waals surface area contributed by atoms with E-state index in [9.17, 15) is 14.7 Å². The number of carbonyl (C=O) groups excluding carboxylic acids is 1. The maximum atomic E-state index is 12.7. The van der Waals surface area contributed by atoms with E-state index in [1.54, 1.807) is 36.3 Å². The van der Waals surface area contributed by atoms with Crippen LogP contribution in [0.25, 0.3) is 0 Å². The van der Waals surface area contributed by atoms with Crippen LogP contribution in [0.3, 0.4) is 0 Å². The van der Waals surface area contributed by atoms with Crippen LogP contribution in [0.5, 0.6) is 5.75 Å². The molecule has 1 atom stereocenters. The average Bonchev–Trinajstić information content (AvgIpc) is 3.04. The molecule has 0 aromatic heterocycles. The number of methoxy groups -OCH3 is 2. The van der Waals surface area contributed by atoms with Crippen LogP contribution < -0.4 is 4.74 Å². The fourth-order valence-corrected chi connectivity index (χ4v) is 2.97. The molecule has 0 radical (unpaired) electrons. The molecular formula is C18H25NO6. The first kappa shape index (κ1) is 19.2. The van der Waals surface area contributed by atoms with Crippen LogP contribution >= 0.6 is 0 Å². The lowest BCUT2D eigenvalue weighted by atomic mass is 9.88. The SMILES string of the molecule is COCCCOc1cccc(C(=O)N2CCC(COC)(C(=O)O)C2)c1. The second-order valence-corrected chi connectivity index (χ2v) is 6.22. The third-order valence-electron chi connectivity index (χ3n) is 4.36. The van der Waals surface area contributed by atoms with Crippen molar-refractivity contribution in [3.8, 4) is 5.75 Å². The van der Waals surface area contributed by atoms with Gasteiger partial charge < -0.3 is 24.2 Å². The van der Waals surface area contributed by atoms with Crippen molar-refractivity contribution in [3.05, 3.63) is 29.8 Å². The van der Waals surface area contributed by atoms with Crippen LogP contribution in [-0.4, -0.2) is 69.0 Å². The Bertz CT molecular complexity index is 605. The highest BCUT2D eigenvalue weighted by molar-refractivity contribution is 5.95. The van der Waals surface area contributed by atoms with Gasteiger partial charge in [-0.2, -0.15) is 0 Å². The van der Waals surface area contributed by atoms with Gasteiger partial charge in [-0.3, -0.25) is 9.59 Å². The first-order valence-corrected chi connectivity index (χ1v) is 8.26. The number of carboxylic acid groups (broad SMARTS) is 1. The van der Waals surface area contributed by atoms with Gasteiger partial charge in [0.1, 0.15) is 11.2 Å². The normalized spacial score (nSPS) is 19.8. The molecule has 1 aromatic carbocycles. The molecule has 0 spiro atoms. The summed E-state index contributed by atoms with van der Waals surface area (Å²) in [6, 6.07) is 6.95. The number of benzene rings is 1. The first-order valence-electron chi connectivity index (χ1n) is 8.26. The van der Waals surface area contributed by atoms with Gasteiger partial charge >= 0.3 is 5.97 Å². The quantitative estimate of drug-likeness (QED) is 0.681. The van der Waals surface area contributed by atoms with Crippen LogP contribution in [0.4, 0.5) is 0 Å². The molecule has 1 unspecified atom stereocenters. The molecule has 7 nitrogen and oxygen atoms in total. The molecule has 1 aliphatic heterocycles. The number of aliphatic carboxylic acids is 1. The molecule has 1 fully saturated rings. The number of nitrogens with zero attached hydrogens (tertiary/aromatic N) is 1. The van der Waals surface area contributed by atoms with E-state index in [-0.39, 0.29) is 19.1 Å². The molecule has 25 heavy (non-hydrogen) atoms. The summed E-state index contributed by atoms with van der Waals surface area (Å²) in [5.41, 5.74) is -0.540. The van der Waals surface area contributed by atoms with E-state index in [1.807, 2.05) is 0 Å². The van der Waals surface area contributed by atoms with Gasteiger partial charge in [0, 0.05) is 45.9 Å². The highest BCUT2D eigenvalue weighted by Crippen LogP contribution is 2.32. The Kier molecular flexibility index (Phi) is 6.78. The van der Waals surface area contributed by atoms with Crippen molar-refractivity contribution in [3.63, 3.8) is 0 Å². The van der Waals surface area contributed by atoms with E-state index < -0.39 is 11.4 Å². The lowest BCUT2D eigenvalue weighted by molar-refractivity contribution is -0.151. The number of likely N-dealkylation sites (tertiary alicyclic amines) is 1. The van der Waals surface area contributed by atoms with Gasteiger partial charge in [-0.25, -0.2) is 0 Å². The minimum absolute atomic E-state index is 0.0920. The van der Waals surface area contributed by atoms with Gasteiger partial charge in [0.05, 0.1) is 13.2 Å². The summed E-state index contributed by atoms with van der Waals surface area (Å²) in [5, 5.41) is 9.50. The summed E-state index contributed by atoms with van der Waals surface area (Å²) in [4.78, 5) is 25.9. The highest BCUT2D eigenvalue weighted by atomic mass is 16.5. The van der Waals surface area contributed by atoms with Crippen molar-refractivity contribution in [1.82, 2.24) is 4.90 Å². The van der Waals surface area contributed by atoms with Crippen molar-refractivity contribution in [2.75, 3.05) is 47.1 Å². The second-order valence-electron chi connectivity index (χ2n) is 6.22. The molecule has 138 valence electrons. The Morgan fingerprint density at radius 1 is 1.24 bits per heavy atom. The third kappa shape index (κ3) is 4.70. The van der Waals surface area contributed by atoms with Gasteiger partial charge in [-0.15, -0.1) is 0 Å². The third-order valence-corrected chi connectivity index (χ3v) is 4.36. The Hall–Kier alpha value is -2.12. The van der Waals surface area contributed by atoms with E-state index in [0.717, 1.165) is 6.42 Å². The zero-order chi connectivity index (χ0) is 18.3. The standard InChI is InChI=1S/C18H25NO6/c1-23-9-4-10-25-15-6-3-5-14(11-15)16(20)19-8-7-18(12-19,13-24-2)17(21)22/h3,5-6,11H,4,7-10,12-13H2,1-2H3,(H,21,22). The fraction of sp³-hybridized carbons (Fsp3) is 0.556. The molecule has 0 aliphatic carbocycles. The summed E-state index contributed by atoms with van der Waals surface area (Å²) in [7, 11) is 3.11. The first-order chi connectivity index (χ1) is 12.0. The molecule has 1 N–H and O–H groups in total. The summed E-state index contributed by atoms with van der Waals surface area (Å²) in [6.45, 7) is 1.75. The van der Waals surface area contributed by atoms with Gasteiger partial charge in [0.2, 0.25) is 0 Å². The molecule has 0 saturated carbocycles. The smallest absolute Gasteiger partial charge is 0.313 e. The number of ether oxygens (including phenoxy) is 3. The molecule has 0 bridgehead atoms. The van der Waals surface area contributed by atoms with Crippen molar-refractivity contribution < 1.29 is 28.9 Å². The zero-order valence-electron chi connectivity index (χ0n) is 14.7. The summed E-state index contributed by atoms with van der Waals surface area (Å²) < 4.78 is 15.6. The average molecular weight is 351 g/mol. The van der Waals surface area contributed by atoms with Crippen LogP contribution in [0, 0.1) is 5.41 Å². The van der Waals surface area contributed by atoms with Crippen LogP contribution in [0.15, 0.2) is 24.3 Å². The van der Waals surface area contributed by atoms with Crippen LogP contribution in [-0.2, 0) is 14.3 Å². The highest BCUT2D eigenvalue weighted by Gasteiger charge is 2.46. The number of carboxylic acids is 1. The van der Waals surface area contributed by atoms with Gasteiger partial charge in [-0.1, -0.05) is 6.07 Å². The van der Waals surface area contributed by atoms with E-state index in [0.29, 0.717) is 37.5 Å². The van der Waals surface area contributed by atoms with Crippen molar-refractivity contribution in [2.45, 2.75) is 12.8 Å². The van der Waals surface area contributed by atoms with Gasteiger partial charge in [-0.05, 0) is 24.6 Å².